The fraction of sp³-hybridized carbons (Fsp3) is 0.929. The molecule has 1 amide bonds. The number of amides is 1. The Morgan fingerprint density at radius 3 is 2.37 bits per heavy atom. The summed E-state index contributed by atoms with van der Waals surface area (Å²) < 4.78 is 0. The van der Waals surface area contributed by atoms with Crippen LogP contribution in [0.4, 0.5) is 0 Å². The second-order valence-electron chi connectivity index (χ2n) is 6.22. The molecule has 3 unspecified atom stereocenters. The first-order valence-corrected chi connectivity index (χ1v) is 7.62. The van der Waals surface area contributed by atoms with Gasteiger partial charge in [-0.15, -0.1) is 0 Å². The topological polar surface area (TPSA) is 55.8 Å². The minimum atomic E-state index is -0.198. The molecule has 19 heavy (non-hydrogen) atoms. The van der Waals surface area contributed by atoms with Crippen molar-refractivity contribution in [3.8, 4) is 0 Å². The lowest BCUT2D eigenvalue weighted by molar-refractivity contribution is -0.143. The summed E-state index contributed by atoms with van der Waals surface area (Å²) in [5, 5.41) is 13.1. The van der Waals surface area contributed by atoms with Crippen LogP contribution in [-0.2, 0) is 4.79 Å². The molecule has 2 bridgehead atoms. The van der Waals surface area contributed by atoms with Gasteiger partial charge in [0.1, 0.15) is 0 Å². The first kappa shape index (κ1) is 13.3. The van der Waals surface area contributed by atoms with Crippen molar-refractivity contribution >= 4 is 5.91 Å². The number of aliphatic hydroxyl groups excluding tert-OH is 1. The van der Waals surface area contributed by atoms with Gasteiger partial charge in [0, 0.05) is 38.3 Å². The molecular weight excluding hydrogens is 242 g/mol. The monoisotopic (exact) mass is 267 g/mol. The van der Waals surface area contributed by atoms with Crippen LogP contribution >= 0.6 is 0 Å². The zero-order valence-electron chi connectivity index (χ0n) is 11.7. The maximum absolute atomic E-state index is 12.7. The third-order valence-corrected chi connectivity index (χ3v) is 5.02. The molecule has 3 saturated heterocycles. The average Bonchev–Trinajstić information content (AvgIpc) is 2.70. The van der Waals surface area contributed by atoms with Gasteiger partial charge in [0.2, 0.25) is 5.91 Å². The molecule has 0 saturated carbocycles. The fourth-order valence-corrected chi connectivity index (χ4v) is 3.95. The number of nitrogens with zero attached hydrogens (tertiary/aromatic N) is 2. The molecule has 5 nitrogen and oxygen atoms in total. The van der Waals surface area contributed by atoms with E-state index in [2.05, 4.69) is 15.1 Å². The molecule has 3 rings (SSSR count). The van der Waals surface area contributed by atoms with Gasteiger partial charge in [-0.2, -0.15) is 0 Å². The van der Waals surface area contributed by atoms with Crippen LogP contribution < -0.4 is 5.32 Å². The molecule has 0 aromatic rings. The minimum absolute atomic E-state index is 0.0135. The van der Waals surface area contributed by atoms with Crippen molar-refractivity contribution in [2.24, 2.45) is 0 Å². The Kier molecular flexibility index (Phi) is 3.78. The number of piperazine rings is 1. The van der Waals surface area contributed by atoms with E-state index in [4.69, 9.17) is 0 Å². The predicted octanol–water partition coefficient (Wildman–Crippen LogP) is -0.206. The number of hydrogen-bond acceptors (Lipinski definition) is 4. The summed E-state index contributed by atoms with van der Waals surface area (Å²) in [6, 6.07) is 0.554. The second kappa shape index (κ2) is 5.38. The fourth-order valence-electron chi connectivity index (χ4n) is 3.95. The Hall–Kier alpha value is -0.650. The molecule has 2 N–H and O–H groups in total. The lowest BCUT2D eigenvalue weighted by atomic mass is 9.98. The van der Waals surface area contributed by atoms with Gasteiger partial charge in [-0.05, 0) is 32.6 Å². The van der Waals surface area contributed by atoms with Gasteiger partial charge in [-0.1, -0.05) is 0 Å². The Bertz CT molecular complexity index is 330. The van der Waals surface area contributed by atoms with Crippen LogP contribution in [0.5, 0.6) is 0 Å². The molecule has 5 heteroatoms. The van der Waals surface area contributed by atoms with Crippen molar-refractivity contribution in [2.75, 3.05) is 26.2 Å². The minimum Gasteiger partial charge on any atom is -0.393 e. The number of aliphatic hydroxyl groups is 1. The van der Waals surface area contributed by atoms with E-state index in [1.807, 2.05) is 6.92 Å². The van der Waals surface area contributed by atoms with Crippen molar-refractivity contribution in [1.82, 2.24) is 15.1 Å². The van der Waals surface area contributed by atoms with Crippen molar-refractivity contribution in [3.63, 3.8) is 0 Å². The first-order chi connectivity index (χ1) is 9.16. The molecule has 3 aliphatic heterocycles. The Morgan fingerprint density at radius 1 is 1.21 bits per heavy atom. The van der Waals surface area contributed by atoms with E-state index in [1.54, 1.807) is 0 Å². The second-order valence-corrected chi connectivity index (χ2v) is 6.22. The molecule has 3 atom stereocenters. The standard InChI is InChI=1S/C14H25N3O2/c1-10(16-6-4-15-5-7-16)14(19)17-11-2-3-12(17)9-13(18)8-11/h10-13,15,18H,2-9H2,1H3. The summed E-state index contributed by atoms with van der Waals surface area (Å²) in [6.45, 7) is 5.90. The van der Waals surface area contributed by atoms with Gasteiger partial charge in [-0.3, -0.25) is 9.69 Å². The Balaban J connectivity index is 1.66. The number of fused-ring (bicyclic) bond motifs is 2. The lowest BCUT2D eigenvalue weighted by Gasteiger charge is -2.41. The van der Waals surface area contributed by atoms with E-state index < -0.39 is 0 Å². The van der Waals surface area contributed by atoms with Gasteiger partial charge >= 0.3 is 0 Å². The van der Waals surface area contributed by atoms with Crippen molar-refractivity contribution in [1.29, 1.82) is 0 Å². The number of piperidine rings is 1. The summed E-state index contributed by atoms with van der Waals surface area (Å²) in [5.41, 5.74) is 0. The van der Waals surface area contributed by atoms with Gasteiger partial charge in [0.05, 0.1) is 12.1 Å². The van der Waals surface area contributed by atoms with Crippen molar-refractivity contribution in [2.45, 2.75) is 56.8 Å². The predicted molar refractivity (Wildman–Crippen MR) is 72.8 cm³/mol. The number of carbonyl (C=O) groups excluding carboxylic acids is 1. The smallest absolute Gasteiger partial charge is 0.240 e. The Morgan fingerprint density at radius 2 is 1.79 bits per heavy atom. The van der Waals surface area contributed by atoms with E-state index in [-0.39, 0.29) is 30.1 Å². The lowest BCUT2D eigenvalue weighted by Crippen LogP contribution is -2.57. The van der Waals surface area contributed by atoms with Crippen molar-refractivity contribution < 1.29 is 9.90 Å². The zero-order chi connectivity index (χ0) is 13.4. The maximum atomic E-state index is 12.7. The van der Waals surface area contributed by atoms with Crippen LogP contribution in [0.1, 0.15) is 32.6 Å². The third-order valence-electron chi connectivity index (χ3n) is 5.02. The van der Waals surface area contributed by atoms with E-state index in [9.17, 15) is 9.90 Å². The number of rotatable bonds is 2. The average molecular weight is 267 g/mol. The SMILES string of the molecule is CC(C(=O)N1C2CCC1CC(O)C2)N1CCNCC1. The third kappa shape index (κ3) is 2.51. The summed E-state index contributed by atoms with van der Waals surface area (Å²) in [7, 11) is 0. The molecule has 3 fully saturated rings. The van der Waals surface area contributed by atoms with Gasteiger partial charge in [-0.25, -0.2) is 0 Å². The highest BCUT2D eigenvalue weighted by molar-refractivity contribution is 5.82. The van der Waals surface area contributed by atoms with Gasteiger partial charge in [0.25, 0.3) is 0 Å². The van der Waals surface area contributed by atoms with Crippen molar-refractivity contribution in [3.05, 3.63) is 0 Å². The van der Waals surface area contributed by atoms with Crippen LogP contribution in [-0.4, -0.2) is 71.2 Å². The van der Waals surface area contributed by atoms with E-state index in [0.717, 1.165) is 51.9 Å². The van der Waals surface area contributed by atoms with Crippen LogP contribution in [0.15, 0.2) is 0 Å². The molecule has 0 aromatic carbocycles. The maximum Gasteiger partial charge on any atom is 0.240 e. The Labute approximate surface area is 114 Å². The van der Waals surface area contributed by atoms with Crippen LogP contribution in [0.25, 0.3) is 0 Å². The number of hydrogen-bond donors (Lipinski definition) is 2. The quantitative estimate of drug-likeness (QED) is 0.727. The number of nitrogens with one attached hydrogen (secondary N) is 1. The molecule has 0 aliphatic carbocycles. The molecule has 3 heterocycles. The largest absolute Gasteiger partial charge is 0.393 e. The molecule has 3 aliphatic rings. The first-order valence-electron chi connectivity index (χ1n) is 7.62. The highest BCUT2D eigenvalue weighted by atomic mass is 16.3. The molecule has 108 valence electrons. The highest BCUT2D eigenvalue weighted by Crippen LogP contribution is 2.36. The summed E-state index contributed by atoms with van der Waals surface area (Å²) in [5.74, 6) is 0.279. The molecular formula is C14H25N3O2. The van der Waals surface area contributed by atoms with E-state index in [1.165, 1.54) is 0 Å². The molecule has 0 spiro atoms. The summed E-state index contributed by atoms with van der Waals surface area (Å²) in [4.78, 5) is 17.1. The van der Waals surface area contributed by atoms with Crippen LogP contribution in [0, 0.1) is 0 Å². The van der Waals surface area contributed by atoms with Gasteiger partial charge in [0.15, 0.2) is 0 Å². The van der Waals surface area contributed by atoms with Crippen LogP contribution in [0.2, 0.25) is 0 Å². The van der Waals surface area contributed by atoms with E-state index in [0.29, 0.717) is 0 Å². The normalized spacial score (nSPS) is 37.4. The summed E-state index contributed by atoms with van der Waals surface area (Å²) in [6.07, 6.45) is 3.49. The highest BCUT2D eigenvalue weighted by Gasteiger charge is 2.44. The van der Waals surface area contributed by atoms with Crippen LogP contribution in [0.3, 0.4) is 0 Å². The number of carbonyl (C=O) groups is 1. The van der Waals surface area contributed by atoms with Gasteiger partial charge < -0.3 is 15.3 Å². The molecule has 0 aromatic heterocycles. The molecule has 0 radical (unpaired) electrons. The zero-order valence-corrected chi connectivity index (χ0v) is 11.7. The summed E-state index contributed by atoms with van der Waals surface area (Å²) >= 11 is 0. The van der Waals surface area contributed by atoms with E-state index >= 15 is 0 Å².